The third-order valence-corrected chi connectivity index (χ3v) is 2.25. The summed E-state index contributed by atoms with van der Waals surface area (Å²) in [5.74, 6) is 1.21. The smallest absolute Gasteiger partial charge is 0.171 e. The summed E-state index contributed by atoms with van der Waals surface area (Å²) in [6.45, 7) is 0.671. The molecule has 2 rings (SSSR count). The normalized spacial score (nSPS) is 15.8. The van der Waals surface area contributed by atoms with Crippen molar-refractivity contribution < 1.29 is 9.84 Å². The van der Waals surface area contributed by atoms with Crippen LogP contribution in [-0.2, 0) is 0 Å². The van der Waals surface area contributed by atoms with Gasteiger partial charge in [0, 0.05) is 6.07 Å². The third-order valence-electron chi connectivity index (χ3n) is 1.96. The van der Waals surface area contributed by atoms with Gasteiger partial charge in [-0.3, -0.25) is 0 Å². The summed E-state index contributed by atoms with van der Waals surface area (Å²) in [7, 11) is 0. The lowest BCUT2D eigenvalue weighted by Crippen LogP contribution is -1.99. The fourth-order valence-corrected chi connectivity index (χ4v) is 1.17. The predicted molar refractivity (Wildman–Crippen MR) is 49.1 cm³/mol. The van der Waals surface area contributed by atoms with E-state index < -0.39 is 0 Å². The van der Waals surface area contributed by atoms with Crippen molar-refractivity contribution in [3.05, 3.63) is 17.4 Å². The van der Waals surface area contributed by atoms with Crippen LogP contribution in [0.5, 0.6) is 11.5 Å². The number of nitrogens with zero attached hydrogens (tertiary/aromatic N) is 1. The number of pyridine rings is 1. The van der Waals surface area contributed by atoms with E-state index in [0.717, 1.165) is 0 Å². The van der Waals surface area contributed by atoms with Gasteiger partial charge >= 0.3 is 0 Å². The van der Waals surface area contributed by atoms with E-state index in [1.165, 1.54) is 25.1 Å². The molecule has 1 fully saturated rings. The third kappa shape index (κ3) is 2.25. The van der Waals surface area contributed by atoms with Crippen molar-refractivity contribution in [3.63, 3.8) is 0 Å². The molecule has 1 aliphatic carbocycles. The van der Waals surface area contributed by atoms with Gasteiger partial charge < -0.3 is 9.84 Å². The molecule has 3 nitrogen and oxygen atoms in total. The number of aromatic nitrogens is 1. The molecule has 0 saturated heterocycles. The Kier molecular flexibility index (Phi) is 2.27. The van der Waals surface area contributed by atoms with Crippen LogP contribution in [0.3, 0.4) is 0 Å². The van der Waals surface area contributed by atoms with Crippen LogP contribution in [0.15, 0.2) is 12.3 Å². The molecule has 0 unspecified atom stereocenters. The first kappa shape index (κ1) is 8.63. The summed E-state index contributed by atoms with van der Waals surface area (Å²) >= 11 is 5.75. The molecule has 0 atom stereocenters. The molecule has 0 aliphatic heterocycles. The highest BCUT2D eigenvalue weighted by atomic mass is 35.5. The Hall–Kier alpha value is -0.960. The molecule has 0 amide bonds. The van der Waals surface area contributed by atoms with E-state index in [9.17, 15) is 0 Å². The molecule has 1 saturated carbocycles. The first-order chi connectivity index (χ1) is 6.25. The highest BCUT2D eigenvalue weighted by Gasteiger charge is 2.22. The number of ether oxygens (including phenoxy) is 1. The van der Waals surface area contributed by atoms with E-state index in [1.54, 1.807) is 0 Å². The highest BCUT2D eigenvalue weighted by molar-refractivity contribution is 6.30. The first-order valence-corrected chi connectivity index (χ1v) is 4.61. The molecule has 4 heteroatoms. The molecule has 0 spiro atoms. The Morgan fingerprint density at radius 2 is 2.38 bits per heavy atom. The van der Waals surface area contributed by atoms with Crippen molar-refractivity contribution in [2.24, 2.45) is 5.92 Å². The Balaban J connectivity index is 2.03. The lowest BCUT2D eigenvalue weighted by atomic mass is 10.4. The fraction of sp³-hybridized carbons (Fsp3) is 0.444. The number of aromatic hydroxyl groups is 1. The summed E-state index contributed by atoms with van der Waals surface area (Å²) in [5.41, 5.74) is 0. The molecule has 1 aliphatic rings. The van der Waals surface area contributed by atoms with E-state index >= 15 is 0 Å². The van der Waals surface area contributed by atoms with Gasteiger partial charge in [-0.25, -0.2) is 4.98 Å². The quantitative estimate of drug-likeness (QED) is 0.760. The van der Waals surface area contributed by atoms with Crippen LogP contribution in [0, 0.1) is 5.92 Å². The van der Waals surface area contributed by atoms with Crippen LogP contribution in [-0.4, -0.2) is 16.7 Å². The van der Waals surface area contributed by atoms with E-state index in [4.69, 9.17) is 21.4 Å². The Bertz CT molecular complexity index is 312. The molecule has 70 valence electrons. The van der Waals surface area contributed by atoms with Gasteiger partial charge in [0.25, 0.3) is 0 Å². The number of hydrogen-bond donors (Lipinski definition) is 1. The topological polar surface area (TPSA) is 42.4 Å². The second kappa shape index (κ2) is 3.42. The molecule has 1 aromatic rings. The van der Waals surface area contributed by atoms with Gasteiger partial charge in [-0.1, -0.05) is 11.6 Å². The second-order valence-electron chi connectivity index (χ2n) is 3.24. The minimum absolute atomic E-state index is 0.0789. The summed E-state index contributed by atoms with van der Waals surface area (Å²) in [5, 5.41) is 9.42. The molecule has 1 heterocycles. The van der Waals surface area contributed by atoms with Gasteiger partial charge in [0.15, 0.2) is 10.9 Å². The van der Waals surface area contributed by atoms with Crippen molar-refractivity contribution in [1.29, 1.82) is 0 Å². The van der Waals surface area contributed by atoms with Crippen LogP contribution < -0.4 is 4.74 Å². The second-order valence-corrected chi connectivity index (χ2v) is 3.59. The average Bonchev–Trinajstić information content (AvgIpc) is 2.90. The minimum Gasteiger partial charge on any atom is -0.506 e. The Morgan fingerprint density at radius 1 is 1.62 bits per heavy atom. The number of rotatable bonds is 3. The van der Waals surface area contributed by atoms with Crippen LogP contribution in [0.4, 0.5) is 0 Å². The van der Waals surface area contributed by atoms with Gasteiger partial charge in [-0.15, -0.1) is 0 Å². The zero-order chi connectivity index (χ0) is 9.26. The maximum Gasteiger partial charge on any atom is 0.171 e. The summed E-state index contributed by atoms with van der Waals surface area (Å²) in [4.78, 5) is 3.77. The fourth-order valence-electron chi connectivity index (χ4n) is 1.01. The van der Waals surface area contributed by atoms with E-state index in [1.807, 2.05) is 0 Å². The van der Waals surface area contributed by atoms with Crippen LogP contribution >= 0.6 is 11.6 Å². The van der Waals surface area contributed by atoms with Gasteiger partial charge in [0.2, 0.25) is 0 Å². The first-order valence-electron chi connectivity index (χ1n) is 4.23. The minimum atomic E-state index is 0.0789. The Morgan fingerprint density at radius 3 is 3.08 bits per heavy atom. The molecule has 0 aromatic carbocycles. The van der Waals surface area contributed by atoms with Crippen molar-refractivity contribution in [3.8, 4) is 11.5 Å². The van der Waals surface area contributed by atoms with Crippen LogP contribution in [0.2, 0.25) is 5.15 Å². The number of halogens is 1. The molecular formula is C9H10ClNO2. The van der Waals surface area contributed by atoms with Crippen molar-refractivity contribution in [2.45, 2.75) is 12.8 Å². The largest absolute Gasteiger partial charge is 0.506 e. The van der Waals surface area contributed by atoms with Gasteiger partial charge in [-0.2, -0.15) is 0 Å². The summed E-state index contributed by atoms with van der Waals surface area (Å²) < 4.78 is 5.39. The molecule has 13 heavy (non-hydrogen) atoms. The summed E-state index contributed by atoms with van der Waals surface area (Å²) in [6, 6.07) is 1.48. The van der Waals surface area contributed by atoms with Gasteiger partial charge in [0.05, 0.1) is 12.8 Å². The lowest BCUT2D eigenvalue weighted by Gasteiger charge is -2.06. The zero-order valence-corrected chi connectivity index (χ0v) is 7.79. The van der Waals surface area contributed by atoms with Crippen molar-refractivity contribution in [1.82, 2.24) is 4.98 Å². The molecule has 1 aromatic heterocycles. The SMILES string of the molecule is Oc1cnc(Cl)c(OCC2CC2)c1. The number of hydrogen-bond acceptors (Lipinski definition) is 3. The molecule has 0 bridgehead atoms. The van der Waals surface area contributed by atoms with Gasteiger partial charge in [0.1, 0.15) is 5.75 Å². The highest BCUT2D eigenvalue weighted by Crippen LogP contribution is 2.32. The van der Waals surface area contributed by atoms with E-state index in [0.29, 0.717) is 23.4 Å². The lowest BCUT2D eigenvalue weighted by molar-refractivity contribution is 0.297. The Labute approximate surface area is 81.3 Å². The van der Waals surface area contributed by atoms with E-state index in [-0.39, 0.29) is 5.75 Å². The molecule has 0 radical (unpaired) electrons. The maximum atomic E-state index is 9.12. The molecular weight excluding hydrogens is 190 g/mol. The van der Waals surface area contributed by atoms with E-state index in [2.05, 4.69) is 4.98 Å². The van der Waals surface area contributed by atoms with Crippen LogP contribution in [0.1, 0.15) is 12.8 Å². The maximum absolute atomic E-state index is 9.12. The monoisotopic (exact) mass is 199 g/mol. The molecule has 1 N–H and O–H groups in total. The zero-order valence-electron chi connectivity index (χ0n) is 7.03. The predicted octanol–water partition coefficient (Wildman–Crippen LogP) is 2.23. The summed E-state index contributed by atoms with van der Waals surface area (Å²) in [6.07, 6.45) is 3.75. The standard InChI is InChI=1S/C9H10ClNO2/c10-9-8(3-7(12)4-11-9)13-5-6-1-2-6/h3-4,6,12H,1-2,5H2. The average molecular weight is 200 g/mol. The van der Waals surface area contributed by atoms with Crippen LogP contribution in [0.25, 0.3) is 0 Å². The van der Waals surface area contributed by atoms with Crippen molar-refractivity contribution in [2.75, 3.05) is 6.61 Å². The van der Waals surface area contributed by atoms with Gasteiger partial charge in [-0.05, 0) is 18.8 Å². The van der Waals surface area contributed by atoms with Crippen molar-refractivity contribution >= 4 is 11.6 Å².